The highest BCUT2D eigenvalue weighted by atomic mass is 32.1. The number of benzene rings is 1. The molecule has 3 rings (SSSR count). The molecule has 0 N–H and O–H groups in total. The number of halogens is 1. The monoisotopic (exact) mass is 344 g/mol. The summed E-state index contributed by atoms with van der Waals surface area (Å²) in [5.41, 5.74) is 2.60. The second-order valence-electron chi connectivity index (χ2n) is 7.10. The molecule has 2 aliphatic rings. The number of hydrogen-bond donors (Lipinski definition) is 1. The first-order valence-corrected chi connectivity index (χ1v) is 9.27. The second-order valence-corrected chi connectivity index (χ2v) is 7.99. The fourth-order valence-electron chi connectivity index (χ4n) is 3.69. The van der Waals surface area contributed by atoms with Gasteiger partial charge in [0.15, 0.2) is 0 Å². The topological polar surface area (TPSA) is 27.0 Å². The van der Waals surface area contributed by atoms with E-state index in [1.54, 1.807) is 0 Å². The van der Waals surface area contributed by atoms with Gasteiger partial charge in [-0.25, -0.2) is 4.39 Å². The third-order valence-electron chi connectivity index (χ3n) is 5.32. The van der Waals surface area contributed by atoms with Crippen LogP contribution >= 0.6 is 12.6 Å². The molecule has 24 heavy (non-hydrogen) atoms. The van der Waals surface area contributed by atoms with E-state index in [9.17, 15) is 4.39 Å². The summed E-state index contributed by atoms with van der Waals surface area (Å²) in [5.74, 6) is 0.550. The van der Waals surface area contributed by atoms with Gasteiger partial charge in [-0.2, -0.15) is 17.9 Å². The highest BCUT2D eigenvalue weighted by Crippen LogP contribution is 2.35. The Morgan fingerprint density at radius 1 is 1.33 bits per heavy atom. The Bertz CT molecular complexity index is 622. The maximum absolute atomic E-state index is 14.4. The summed E-state index contributed by atoms with van der Waals surface area (Å²) in [5, 5.41) is 8.85. The fraction of sp³-hybridized carbons (Fsp3) is 0.550. The number of nitrogens with zero attached hydrogens (tertiary/aromatic N) is 2. The lowest BCUT2D eigenvalue weighted by atomic mass is 9.88. The number of alkyl halides is 1. The predicted octanol–water partition coefficient (Wildman–Crippen LogP) is 4.64. The number of nitriles is 1. The Hall–Kier alpha value is -1.31. The largest absolute Gasteiger partial charge is 0.296 e. The molecule has 0 aromatic heterocycles. The quantitative estimate of drug-likeness (QED) is 0.636. The average Bonchev–Trinajstić information content (AvgIpc) is 2.60. The van der Waals surface area contributed by atoms with E-state index < -0.39 is 10.9 Å². The van der Waals surface area contributed by atoms with Gasteiger partial charge in [-0.1, -0.05) is 36.4 Å². The molecule has 3 atom stereocenters. The van der Waals surface area contributed by atoms with Crippen LogP contribution in [0.3, 0.4) is 0 Å². The Labute approximate surface area is 149 Å². The van der Waals surface area contributed by atoms with Crippen LogP contribution in [-0.4, -0.2) is 28.9 Å². The van der Waals surface area contributed by atoms with Gasteiger partial charge >= 0.3 is 0 Å². The van der Waals surface area contributed by atoms with Crippen molar-refractivity contribution >= 4 is 12.6 Å². The zero-order valence-corrected chi connectivity index (χ0v) is 14.9. The molecular formula is C20H25FN2S. The molecule has 3 unspecified atom stereocenters. The van der Waals surface area contributed by atoms with Crippen molar-refractivity contribution in [2.45, 2.75) is 55.5 Å². The summed E-state index contributed by atoms with van der Waals surface area (Å²) in [4.78, 5) is 2.13. The van der Waals surface area contributed by atoms with E-state index in [4.69, 9.17) is 5.26 Å². The molecule has 0 spiro atoms. The number of allylic oxidation sites excluding steroid dienone is 2. The fourth-order valence-corrected chi connectivity index (χ4v) is 3.95. The van der Waals surface area contributed by atoms with Crippen molar-refractivity contribution in [1.29, 1.82) is 5.26 Å². The molecule has 0 radical (unpaired) electrons. The summed E-state index contributed by atoms with van der Waals surface area (Å²) in [7, 11) is 0. The Kier molecular flexibility index (Phi) is 5.63. The number of piperidine rings is 1. The third kappa shape index (κ3) is 4.02. The molecule has 128 valence electrons. The van der Waals surface area contributed by atoms with Crippen LogP contribution in [0.15, 0.2) is 36.4 Å². The van der Waals surface area contributed by atoms with Crippen LogP contribution in [0.1, 0.15) is 49.1 Å². The van der Waals surface area contributed by atoms with Gasteiger partial charge in [0.2, 0.25) is 0 Å². The van der Waals surface area contributed by atoms with Crippen molar-refractivity contribution in [3.8, 4) is 6.07 Å². The highest BCUT2D eigenvalue weighted by molar-refractivity contribution is 7.81. The minimum atomic E-state index is -1.05. The Morgan fingerprint density at radius 3 is 2.75 bits per heavy atom. The van der Waals surface area contributed by atoms with E-state index in [1.807, 2.05) is 0 Å². The summed E-state index contributed by atoms with van der Waals surface area (Å²) in [6.45, 7) is 1.91. The number of rotatable bonds is 4. The van der Waals surface area contributed by atoms with Crippen LogP contribution in [0.25, 0.3) is 0 Å². The lowest BCUT2D eigenvalue weighted by Gasteiger charge is -2.40. The number of thiol groups is 1. The first-order chi connectivity index (χ1) is 11.6. The number of hydrogen-bond acceptors (Lipinski definition) is 3. The lowest BCUT2D eigenvalue weighted by molar-refractivity contribution is 0.101. The van der Waals surface area contributed by atoms with E-state index in [1.165, 1.54) is 30.4 Å². The van der Waals surface area contributed by atoms with Crippen LogP contribution in [0, 0.1) is 11.3 Å². The van der Waals surface area contributed by atoms with Crippen LogP contribution in [0.4, 0.5) is 4.39 Å². The summed E-state index contributed by atoms with van der Waals surface area (Å²) < 4.78 is 13.6. The Balaban J connectivity index is 1.58. The van der Waals surface area contributed by atoms with Crippen LogP contribution in [-0.2, 0) is 6.54 Å². The standard InChI is InChI=1S/C20H25FN2S/c21-19-15-23(13-11-20(19,24)10-12-22)14-16-6-8-18(9-7-16)17-4-2-1-3-5-17/h2,4,6-9,17,19,24H,1,3,5,10-11,13-15H2. The second kappa shape index (κ2) is 7.72. The SMILES string of the molecule is N#CCC1(S)CCN(Cc2ccc(C3C=CCCC3)cc2)CC1F. The molecule has 1 saturated heterocycles. The van der Waals surface area contributed by atoms with Crippen molar-refractivity contribution in [2.75, 3.05) is 13.1 Å². The number of likely N-dealkylation sites (tertiary alicyclic amines) is 1. The maximum atomic E-state index is 14.4. The van der Waals surface area contributed by atoms with Gasteiger partial charge in [0, 0.05) is 25.6 Å². The van der Waals surface area contributed by atoms with Crippen molar-refractivity contribution in [1.82, 2.24) is 4.90 Å². The van der Waals surface area contributed by atoms with E-state index >= 15 is 0 Å². The first-order valence-electron chi connectivity index (χ1n) is 8.82. The molecule has 1 aliphatic heterocycles. The van der Waals surface area contributed by atoms with Gasteiger partial charge in [-0.3, -0.25) is 4.90 Å². The minimum absolute atomic E-state index is 0.175. The third-order valence-corrected chi connectivity index (χ3v) is 5.98. The lowest BCUT2D eigenvalue weighted by Crippen LogP contribution is -2.49. The van der Waals surface area contributed by atoms with Gasteiger partial charge in [0.05, 0.1) is 17.2 Å². The molecule has 4 heteroatoms. The van der Waals surface area contributed by atoms with E-state index in [2.05, 4.69) is 60.0 Å². The van der Waals surface area contributed by atoms with Crippen molar-refractivity contribution in [2.24, 2.45) is 0 Å². The molecule has 2 nitrogen and oxygen atoms in total. The molecule has 1 fully saturated rings. The summed E-state index contributed by atoms with van der Waals surface area (Å²) in [6, 6.07) is 10.8. The van der Waals surface area contributed by atoms with E-state index in [-0.39, 0.29) is 6.42 Å². The van der Waals surface area contributed by atoms with E-state index in [0.29, 0.717) is 18.9 Å². The predicted molar refractivity (Wildman–Crippen MR) is 98.9 cm³/mol. The van der Waals surface area contributed by atoms with Gasteiger partial charge in [-0.05, 0) is 36.8 Å². The molecule has 1 aromatic rings. The first kappa shape index (κ1) is 17.5. The van der Waals surface area contributed by atoms with E-state index in [0.717, 1.165) is 13.1 Å². The van der Waals surface area contributed by atoms with Gasteiger partial charge < -0.3 is 0 Å². The van der Waals surface area contributed by atoms with Crippen LogP contribution in [0.2, 0.25) is 0 Å². The summed E-state index contributed by atoms with van der Waals surface area (Å²) >= 11 is 4.43. The van der Waals surface area contributed by atoms with Gasteiger partial charge in [0.1, 0.15) is 6.17 Å². The average molecular weight is 344 g/mol. The normalized spacial score (nSPS) is 30.9. The van der Waals surface area contributed by atoms with Gasteiger partial charge in [-0.15, -0.1) is 0 Å². The molecule has 1 aliphatic carbocycles. The molecule has 1 aromatic carbocycles. The molecule has 0 saturated carbocycles. The van der Waals surface area contributed by atoms with Gasteiger partial charge in [0.25, 0.3) is 0 Å². The maximum Gasteiger partial charge on any atom is 0.128 e. The molecule has 0 amide bonds. The highest BCUT2D eigenvalue weighted by Gasteiger charge is 2.40. The minimum Gasteiger partial charge on any atom is -0.296 e. The van der Waals surface area contributed by atoms with Crippen LogP contribution < -0.4 is 0 Å². The van der Waals surface area contributed by atoms with Crippen molar-refractivity contribution < 1.29 is 4.39 Å². The Morgan fingerprint density at radius 2 is 2.12 bits per heavy atom. The zero-order valence-electron chi connectivity index (χ0n) is 14.0. The van der Waals surface area contributed by atoms with Crippen molar-refractivity contribution in [3.05, 3.63) is 47.5 Å². The zero-order chi connectivity index (χ0) is 17.0. The van der Waals surface area contributed by atoms with Crippen LogP contribution in [0.5, 0.6) is 0 Å². The summed E-state index contributed by atoms with van der Waals surface area (Å²) in [6.07, 6.45) is 8.04. The molecular weight excluding hydrogens is 319 g/mol. The smallest absolute Gasteiger partial charge is 0.128 e. The van der Waals surface area contributed by atoms with Crippen molar-refractivity contribution in [3.63, 3.8) is 0 Å². The molecule has 1 heterocycles. The molecule has 0 bridgehead atoms.